The van der Waals surface area contributed by atoms with Crippen molar-refractivity contribution in [3.8, 4) is 5.69 Å². The molecule has 0 saturated heterocycles. The van der Waals surface area contributed by atoms with Crippen molar-refractivity contribution >= 4 is 0 Å². The van der Waals surface area contributed by atoms with E-state index in [1.807, 2.05) is 0 Å². The first-order chi connectivity index (χ1) is 14.9. The molecule has 0 unspecified atom stereocenters. The van der Waals surface area contributed by atoms with Crippen molar-refractivity contribution in [1.82, 2.24) is 0 Å². The molecule has 0 aliphatic rings. The molecule has 1 aromatic heterocycles. The molecule has 0 bridgehead atoms. The van der Waals surface area contributed by atoms with E-state index < -0.39 is 0 Å². The van der Waals surface area contributed by atoms with Crippen LogP contribution in [-0.4, -0.2) is 0 Å². The summed E-state index contributed by atoms with van der Waals surface area (Å²) in [4.78, 5) is 0. The Labute approximate surface area is 186 Å². The maximum Gasteiger partial charge on any atom is 0.210 e. The summed E-state index contributed by atoms with van der Waals surface area (Å²) in [6.45, 7) is 2.30. The lowest BCUT2D eigenvalue weighted by atomic mass is 10.0. The number of benzene rings is 1. The Morgan fingerprint density at radius 3 is 1.57 bits per heavy atom. The molecule has 166 valence electrons. The zero-order valence-corrected chi connectivity index (χ0v) is 19.7. The highest BCUT2D eigenvalue weighted by Crippen LogP contribution is 2.14. The number of pyridine rings is 1. The summed E-state index contributed by atoms with van der Waals surface area (Å²) in [7, 11) is 0. The molecule has 0 N–H and O–H groups in total. The first kappa shape index (κ1) is 24.6. The molecule has 1 heterocycles. The zero-order chi connectivity index (χ0) is 21.1. The van der Waals surface area contributed by atoms with Crippen LogP contribution in [0.1, 0.15) is 115 Å². The number of aromatic nitrogens is 1. The number of nitrogens with zero attached hydrogens (tertiary/aromatic N) is 1. The van der Waals surface area contributed by atoms with E-state index in [2.05, 4.69) is 66.3 Å². The molecule has 2 aromatic rings. The molecule has 0 fully saturated rings. The highest BCUT2D eigenvalue weighted by molar-refractivity contribution is 5.22. The van der Waals surface area contributed by atoms with Gasteiger partial charge >= 0.3 is 0 Å². The van der Waals surface area contributed by atoms with Crippen LogP contribution in [0.3, 0.4) is 0 Å². The number of para-hydroxylation sites is 1. The standard InChI is InChI=1S/C29H46N/c1-2-3-4-5-6-7-8-9-10-11-12-13-14-15-16-18-22-28-23-21-26-30(27-28)29-24-19-17-20-25-29/h17,19-21,23-27H,2-16,18,22H2,1H3/q+1. The molecule has 0 aliphatic carbocycles. The van der Waals surface area contributed by atoms with Crippen LogP contribution >= 0.6 is 0 Å². The predicted molar refractivity (Wildman–Crippen MR) is 131 cm³/mol. The molecule has 30 heavy (non-hydrogen) atoms. The second-order valence-corrected chi connectivity index (χ2v) is 9.01. The molecule has 2 rings (SSSR count). The number of rotatable bonds is 18. The average Bonchev–Trinajstić information content (AvgIpc) is 2.79. The van der Waals surface area contributed by atoms with Crippen LogP contribution < -0.4 is 4.57 Å². The lowest BCUT2D eigenvalue weighted by Gasteiger charge is -2.04. The second kappa shape index (κ2) is 17.1. The lowest BCUT2D eigenvalue weighted by molar-refractivity contribution is -0.596. The Morgan fingerprint density at radius 2 is 1.03 bits per heavy atom. The molecule has 0 atom stereocenters. The third-order valence-corrected chi connectivity index (χ3v) is 6.24. The normalized spacial score (nSPS) is 11.1. The molecule has 1 nitrogen and oxygen atoms in total. The fraction of sp³-hybridized carbons (Fsp3) is 0.621. The van der Waals surface area contributed by atoms with Crippen molar-refractivity contribution in [3.05, 3.63) is 60.4 Å². The van der Waals surface area contributed by atoms with Gasteiger partial charge in [-0.15, -0.1) is 0 Å². The molecular formula is C29H46N+. The predicted octanol–water partition coefficient (Wildman–Crippen LogP) is 8.77. The van der Waals surface area contributed by atoms with E-state index in [1.165, 1.54) is 120 Å². The van der Waals surface area contributed by atoms with E-state index in [9.17, 15) is 0 Å². The number of aryl methyl sites for hydroxylation is 1. The van der Waals surface area contributed by atoms with Gasteiger partial charge in [0.15, 0.2) is 12.4 Å². The molecule has 0 aliphatic heterocycles. The van der Waals surface area contributed by atoms with Gasteiger partial charge in [-0.1, -0.05) is 121 Å². The zero-order valence-electron chi connectivity index (χ0n) is 19.7. The molecule has 0 amide bonds. The summed E-state index contributed by atoms with van der Waals surface area (Å²) >= 11 is 0. The van der Waals surface area contributed by atoms with E-state index in [-0.39, 0.29) is 0 Å². The average molecular weight is 409 g/mol. The number of hydrogen-bond donors (Lipinski definition) is 0. The van der Waals surface area contributed by atoms with Crippen LogP contribution in [0.2, 0.25) is 0 Å². The van der Waals surface area contributed by atoms with Crippen LogP contribution in [0, 0.1) is 0 Å². The Morgan fingerprint density at radius 1 is 0.533 bits per heavy atom. The topological polar surface area (TPSA) is 3.88 Å². The minimum atomic E-state index is 1.20. The quantitative estimate of drug-likeness (QED) is 0.171. The van der Waals surface area contributed by atoms with Crippen molar-refractivity contribution < 1.29 is 4.57 Å². The first-order valence-corrected chi connectivity index (χ1v) is 13.0. The van der Waals surface area contributed by atoms with Crippen LogP contribution in [0.25, 0.3) is 5.69 Å². The molecule has 0 radical (unpaired) electrons. The van der Waals surface area contributed by atoms with E-state index in [1.54, 1.807) is 0 Å². The van der Waals surface area contributed by atoms with Crippen molar-refractivity contribution in [2.75, 3.05) is 0 Å². The molecule has 1 aromatic carbocycles. The van der Waals surface area contributed by atoms with Crippen molar-refractivity contribution in [2.45, 2.75) is 116 Å². The maximum atomic E-state index is 2.30. The van der Waals surface area contributed by atoms with Crippen LogP contribution in [0.15, 0.2) is 54.9 Å². The maximum absolute atomic E-state index is 2.30. The summed E-state index contributed by atoms with van der Waals surface area (Å²) in [5, 5.41) is 0. The summed E-state index contributed by atoms with van der Waals surface area (Å²) in [5.74, 6) is 0. The lowest BCUT2D eigenvalue weighted by Crippen LogP contribution is -2.29. The number of hydrogen-bond acceptors (Lipinski definition) is 0. The molecular weight excluding hydrogens is 362 g/mol. The Kier molecular flexibility index (Phi) is 14.0. The highest BCUT2D eigenvalue weighted by Gasteiger charge is 2.05. The van der Waals surface area contributed by atoms with Gasteiger partial charge in [0, 0.05) is 23.8 Å². The highest BCUT2D eigenvalue weighted by atomic mass is 14.9. The van der Waals surface area contributed by atoms with E-state index >= 15 is 0 Å². The van der Waals surface area contributed by atoms with Gasteiger partial charge in [-0.3, -0.25) is 0 Å². The summed E-state index contributed by atoms with van der Waals surface area (Å²) in [5.41, 5.74) is 2.69. The van der Waals surface area contributed by atoms with Gasteiger partial charge in [-0.2, -0.15) is 4.57 Å². The summed E-state index contributed by atoms with van der Waals surface area (Å²) in [6, 6.07) is 15.1. The fourth-order valence-electron chi connectivity index (χ4n) is 4.31. The van der Waals surface area contributed by atoms with Gasteiger partial charge in [-0.05, 0) is 18.9 Å². The first-order valence-electron chi connectivity index (χ1n) is 13.0. The third kappa shape index (κ3) is 11.5. The smallest absolute Gasteiger partial charge is 0.167 e. The van der Waals surface area contributed by atoms with Crippen molar-refractivity contribution in [1.29, 1.82) is 0 Å². The third-order valence-electron chi connectivity index (χ3n) is 6.24. The monoisotopic (exact) mass is 408 g/mol. The van der Waals surface area contributed by atoms with E-state index in [0.29, 0.717) is 0 Å². The molecule has 0 spiro atoms. The second-order valence-electron chi connectivity index (χ2n) is 9.01. The van der Waals surface area contributed by atoms with Crippen molar-refractivity contribution in [3.63, 3.8) is 0 Å². The van der Waals surface area contributed by atoms with Crippen LogP contribution in [0.4, 0.5) is 0 Å². The van der Waals surface area contributed by atoms with Gasteiger partial charge < -0.3 is 0 Å². The molecule has 1 heteroatoms. The minimum Gasteiger partial charge on any atom is -0.167 e. The largest absolute Gasteiger partial charge is 0.210 e. The minimum absolute atomic E-state index is 1.20. The SMILES string of the molecule is CCCCCCCCCCCCCCCCCCc1ccc[n+](-c2ccccc2)c1. The Bertz CT molecular complexity index is 634. The Hall–Kier alpha value is -1.63. The number of unbranched alkanes of at least 4 members (excludes halogenated alkanes) is 15. The Balaban J connectivity index is 1.39. The van der Waals surface area contributed by atoms with Gasteiger partial charge in [0.2, 0.25) is 5.69 Å². The van der Waals surface area contributed by atoms with Gasteiger partial charge in [0.05, 0.1) is 0 Å². The molecule has 0 saturated carbocycles. The van der Waals surface area contributed by atoms with Gasteiger partial charge in [0.25, 0.3) is 0 Å². The van der Waals surface area contributed by atoms with E-state index in [0.717, 1.165) is 0 Å². The summed E-state index contributed by atoms with van der Waals surface area (Å²) < 4.78 is 2.24. The van der Waals surface area contributed by atoms with Crippen LogP contribution in [0.5, 0.6) is 0 Å². The van der Waals surface area contributed by atoms with Crippen molar-refractivity contribution in [2.24, 2.45) is 0 Å². The van der Waals surface area contributed by atoms with Crippen LogP contribution in [-0.2, 0) is 6.42 Å². The van der Waals surface area contributed by atoms with E-state index in [4.69, 9.17) is 0 Å². The summed E-state index contributed by atoms with van der Waals surface area (Å²) in [6.07, 6.45) is 28.6. The van der Waals surface area contributed by atoms with Gasteiger partial charge in [-0.25, -0.2) is 0 Å². The van der Waals surface area contributed by atoms with Gasteiger partial charge in [0.1, 0.15) is 0 Å². The fourth-order valence-corrected chi connectivity index (χ4v) is 4.31.